The molecule has 0 unspecified atom stereocenters. The summed E-state index contributed by atoms with van der Waals surface area (Å²) in [7, 11) is 1.75. The van der Waals surface area contributed by atoms with E-state index in [0.29, 0.717) is 4.88 Å². The van der Waals surface area contributed by atoms with Crippen molar-refractivity contribution in [3.8, 4) is 5.75 Å². The van der Waals surface area contributed by atoms with Gasteiger partial charge in [-0.3, -0.25) is 9.78 Å². The Labute approximate surface area is 145 Å². The van der Waals surface area contributed by atoms with Crippen LogP contribution < -0.4 is 4.74 Å². The van der Waals surface area contributed by atoms with E-state index in [0.717, 1.165) is 31.4 Å². The highest BCUT2D eigenvalue weighted by Gasteiger charge is 2.36. The Hall–Kier alpha value is -1.92. The molecule has 1 aromatic carbocycles. The summed E-state index contributed by atoms with van der Waals surface area (Å²) in [6.07, 6.45) is 4.06. The molecular formula is C18H22N2O3S. The van der Waals surface area contributed by atoms with Gasteiger partial charge in [-0.25, -0.2) is 0 Å². The highest BCUT2D eigenvalue weighted by Crippen LogP contribution is 2.27. The zero-order chi connectivity index (χ0) is 16.9. The number of ether oxygens (including phenoxy) is 1. The Morgan fingerprint density at radius 3 is 2.75 bits per heavy atom. The van der Waals surface area contributed by atoms with Crippen LogP contribution in [0.25, 0.3) is 0 Å². The third-order valence-corrected chi connectivity index (χ3v) is 5.27. The zero-order valence-electron chi connectivity index (χ0n) is 13.7. The van der Waals surface area contributed by atoms with E-state index in [4.69, 9.17) is 4.74 Å². The molecule has 1 saturated carbocycles. The van der Waals surface area contributed by atoms with Crippen molar-refractivity contribution in [3.05, 3.63) is 46.9 Å². The largest absolute Gasteiger partial charge is 0.488 e. The Bertz CT molecular complexity index is 648. The second-order valence-electron chi connectivity index (χ2n) is 6.09. The van der Waals surface area contributed by atoms with E-state index < -0.39 is 6.10 Å². The average Bonchev–Trinajstić information content (AvgIpc) is 3.08. The van der Waals surface area contributed by atoms with Crippen molar-refractivity contribution in [2.45, 2.75) is 43.9 Å². The van der Waals surface area contributed by atoms with Crippen LogP contribution in [0, 0.1) is 0 Å². The van der Waals surface area contributed by atoms with Crippen molar-refractivity contribution < 1.29 is 14.6 Å². The van der Waals surface area contributed by atoms with E-state index in [1.807, 2.05) is 30.3 Å². The summed E-state index contributed by atoms with van der Waals surface area (Å²) < 4.78 is 6.00. The van der Waals surface area contributed by atoms with Crippen molar-refractivity contribution >= 4 is 17.2 Å². The van der Waals surface area contributed by atoms with Gasteiger partial charge >= 0.3 is 0 Å². The second-order valence-corrected chi connectivity index (χ2v) is 6.98. The Kier molecular flexibility index (Phi) is 5.48. The molecule has 24 heavy (non-hydrogen) atoms. The summed E-state index contributed by atoms with van der Waals surface area (Å²) in [5.41, 5.74) is 1.64. The van der Waals surface area contributed by atoms with Gasteiger partial charge in [0.1, 0.15) is 22.8 Å². The highest BCUT2D eigenvalue weighted by molar-refractivity contribution is 7.11. The SMILES string of the molecule is CN(C(=O)c1cncs1)[C@@H]1CCCC[C@@H](Oc2ccccc2)[C@@H]1O. The molecular weight excluding hydrogens is 324 g/mol. The van der Waals surface area contributed by atoms with Gasteiger partial charge in [0.15, 0.2) is 0 Å². The van der Waals surface area contributed by atoms with Crippen LogP contribution in [0.1, 0.15) is 35.4 Å². The molecule has 0 saturated heterocycles. The van der Waals surface area contributed by atoms with Gasteiger partial charge in [-0.05, 0) is 31.4 Å². The molecule has 0 bridgehead atoms. The molecule has 1 N–H and O–H groups in total. The number of benzene rings is 1. The normalized spacial score (nSPS) is 24.2. The van der Waals surface area contributed by atoms with E-state index in [1.165, 1.54) is 11.3 Å². The maximum absolute atomic E-state index is 12.6. The molecule has 3 rings (SSSR count). The summed E-state index contributed by atoms with van der Waals surface area (Å²) in [6.45, 7) is 0. The number of hydrogen-bond donors (Lipinski definition) is 1. The third-order valence-electron chi connectivity index (χ3n) is 4.51. The number of carbonyl (C=O) groups is 1. The van der Waals surface area contributed by atoms with Crippen LogP contribution in [-0.2, 0) is 0 Å². The lowest BCUT2D eigenvalue weighted by Crippen LogP contribution is -2.49. The zero-order valence-corrected chi connectivity index (χ0v) is 14.5. The van der Waals surface area contributed by atoms with Crippen LogP contribution >= 0.6 is 11.3 Å². The van der Waals surface area contributed by atoms with E-state index in [9.17, 15) is 9.90 Å². The molecule has 1 aliphatic rings. The maximum Gasteiger partial charge on any atom is 0.265 e. The first kappa shape index (κ1) is 16.9. The standard InChI is InChI=1S/C18H22N2O3S/c1-20(18(22)16-11-19-12-24-16)14-9-5-6-10-15(17(14)21)23-13-7-3-2-4-8-13/h2-4,7-8,11-12,14-15,17,21H,5-6,9-10H2,1H3/t14-,15-,17-/m1/s1. The predicted molar refractivity (Wildman–Crippen MR) is 93.3 cm³/mol. The summed E-state index contributed by atoms with van der Waals surface area (Å²) in [4.78, 5) is 18.8. The number of aliphatic hydroxyl groups is 1. The number of aromatic nitrogens is 1. The topological polar surface area (TPSA) is 62.7 Å². The molecule has 0 radical (unpaired) electrons. The number of amides is 1. The van der Waals surface area contributed by atoms with Crippen molar-refractivity contribution in [1.82, 2.24) is 9.88 Å². The molecule has 2 aromatic rings. The van der Waals surface area contributed by atoms with Crippen LogP contribution in [0.5, 0.6) is 5.75 Å². The third kappa shape index (κ3) is 3.76. The van der Waals surface area contributed by atoms with Gasteiger partial charge in [0.05, 0.1) is 17.7 Å². The Morgan fingerprint density at radius 1 is 1.29 bits per heavy atom. The minimum Gasteiger partial charge on any atom is -0.488 e. The number of aliphatic hydroxyl groups excluding tert-OH is 1. The van der Waals surface area contributed by atoms with Crippen LogP contribution in [0.15, 0.2) is 42.0 Å². The molecule has 1 heterocycles. The maximum atomic E-state index is 12.6. The summed E-state index contributed by atoms with van der Waals surface area (Å²) in [5.74, 6) is 0.653. The lowest BCUT2D eigenvalue weighted by Gasteiger charge is -2.34. The van der Waals surface area contributed by atoms with E-state index in [2.05, 4.69) is 4.98 Å². The first-order valence-corrected chi connectivity index (χ1v) is 9.10. The number of hydrogen-bond acceptors (Lipinski definition) is 5. The van der Waals surface area contributed by atoms with Crippen molar-refractivity contribution in [2.24, 2.45) is 0 Å². The number of nitrogens with zero attached hydrogens (tertiary/aromatic N) is 2. The molecule has 3 atom stereocenters. The quantitative estimate of drug-likeness (QED) is 0.865. The Morgan fingerprint density at radius 2 is 2.04 bits per heavy atom. The summed E-state index contributed by atoms with van der Waals surface area (Å²) >= 11 is 1.32. The average molecular weight is 346 g/mol. The van der Waals surface area contributed by atoms with E-state index in [1.54, 1.807) is 23.7 Å². The minimum absolute atomic E-state index is 0.0955. The number of para-hydroxylation sites is 1. The van der Waals surface area contributed by atoms with Gasteiger partial charge in [0.2, 0.25) is 0 Å². The van der Waals surface area contributed by atoms with Crippen molar-refractivity contribution in [1.29, 1.82) is 0 Å². The first-order valence-electron chi connectivity index (χ1n) is 8.22. The van der Waals surface area contributed by atoms with Crippen LogP contribution in [0.3, 0.4) is 0 Å². The molecule has 128 valence electrons. The van der Waals surface area contributed by atoms with Crippen LogP contribution in [0.2, 0.25) is 0 Å². The minimum atomic E-state index is -0.713. The highest BCUT2D eigenvalue weighted by atomic mass is 32.1. The molecule has 1 amide bonds. The fourth-order valence-electron chi connectivity index (χ4n) is 3.16. The number of thiazole rings is 1. The molecule has 0 spiro atoms. The first-order chi connectivity index (χ1) is 11.7. The van der Waals surface area contributed by atoms with Crippen LogP contribution in [-0.4, -0.2) is 46.2 Å². The monoisotopic (exact) mass is 346 g/mol. The summed E-state index contributed by atoms with van der Waals surface area (Å²) in [6, 6.07) is 9.28. The predicted octanol–water partition coefficient (Wildman–Crippen LogP) is 2.97. The van der Waals surface area contributed by atoms with E-state index in [-0.39, 0.29) is 18.1 Å². The van der Waals surface area contributed by atoms with Crippen molar-refractivity contribution in [3.63, 3.8) is 0 Å². The number of likely N-dealkylation sites (N-methyl/N-ethyl adjacent to an activating group) is 1. The van der Waals surface area contributed by atoms with Gasteiger partial charge in [0, 0.05) is 7.05 Å². The van der Waals surface area contributed by atoms with Gasteiger partial charge < -0.3 is 14.7 Å². The second kappa shape index (κ2) is 7.77. The lowest BCUT2D eigenvalue weighted by atomic mass is 10.0. The Balaban J connectivity index is 1.73. The number of carbonyl (C=O) groups excluding carboxylic acids is 1. The molecule has 1 aliphatic carbocycles. The lowest BCUT2D eigenvalue weighted by molar-refractivity contribution is -0.0142. The molecule has 5 nitrogen and oxygen atoms in total. The van der Waals surface area contributed by atoms with Gasteiger partial charge in [-0.1, -0.05) is 24.6 Å². The fraction of sp³-hybridized carbons (Fsp3) is 0.444. The molecule has 1 fully saturated rings. The summed E-state index contributed by atoms with van der Waals surface area (Å²) in [5, 5.41) is 10.9. The van der Waals surface area contributed by atoms with Gasteiger partial charge in [-0.2, -0.15) is 0 Å². The van der Waals surface area contributed by atoms with Gasteiger partial charge in [-0.15, -0.1) is 11.3 Å². The van der Waals surface area contributed by atoms with Gasteiger partial charge in [0.25, 0.3) is 5.91 Å². The molecule has 1 aromatic heterocycles. The van der Waals surface area contributed by atoms with E-state index >= 15 is 0 Å². The molecule has 0 aliphatic heterocycles. The molecule has 6 heteroatoms. The number of rotatable bonds is 4. The van der Waals surface area contributed by atoms with Crippen molar-refractivity contribution in [2.75, 3.05) is 7.05 Å². The smallest absolute Gasteiger partial charge is 0.265 e. The van der Waals surface area contributed by atoms with Crippen LogP contribution in [0.4, 0.5) is 0 Å². The fourth-order valence-corrected chi connectivity index (χ4v) is 3.76.